The second-order valence-corrected chi connectivity index (χ2v) is 5.18. The summed E-state index contributed by atoms with van der Waals surface area (Å²) < 4.78 is 0. The number of urea groups is 1. The van der Waals surface area contributed by atoms with Crippen LogP contribution in [0.2, 0.25) is 0 Å². The first-order valence-corrected chi connectivity index (χ1v) is 6.76. The minimum Gasteiger partial charge on any atom is -0.351 e. The number of rotatable bonds is 4. The van der Waals surface area contributed by atoms with Crippen LogP contribution in [-0.2, 0) is 4.79 Å². The van der Waals surface area contributed by atoms with Gasteiger partial charge < -0.3 is 22.1 Å². The number of carbonyl (C=O) groups is 2. The van der Waals surface area contributed by atoms with Gasteiger partial charge >= 0.3 is 6.03 Å². The van der Waals surface area contributed by atoms with E-state index in [1.807, 2.05) is 0 Å². The molecule has 0 radical (unpaired) electrons. The number of benzene rings is 1. The Bertz CT molecular complexity index is 504. The Morgan fingerprint density at radius 1 is 1.20 bits per heavy atom. The lowest BCUT2D eigenvalue weighted by molar-refractivity contribution is -0.117. The van der Waals surface area contributed by atoms with E-state index in [0.717, 1.165) is 19.3 Å². The summed E-state index contributed by atoms with van der Waals surface area (Å²) in [7, 11) is 0. The first-order chi connectivity index (χ1) is 9.54. The lowest BCUT2D eigenvalue weighted by Crippen LogP contribution is -2.28. The molecule has 6 heteroatoms. The number of hydrogen-bond acceptors (Lipinski definition) is 3. The average Bonchev–Trinajstić information content (AvgIpc) is 2.74. The summed E-state index contributed by atoms with van der Waals surface area (Å²) in [4.78, 5) is 22.7. The molecule has 0 aliphatic heterocycles. The van der Waals surface area contributed by atoms with E-state index >= 15 is 0 Å². The van der Waals surface area contributed by atoms with Crippen molar-refractivity contribution in [1.82, 2.24) is 0 Å². The fourth-order valence-corrected chi connectivity index (χ4v) is 2.59. The number of primary amides is 1. The van der Waals surface area contributed by atoms with Crippen molar-refractivity contribution >= 4 is 23.3 Å². The maximum absolute atomic E-state index is 12.0. The molecule has 6 nitrogen and oxygen atoms in total. The summed E-state index contributed by atoms with van der Waals surface area (Å²) in [6, 6.07) is 6.36. The minimum atomic E-state index is -0.634. The van der Waals surface area contributed by atoms with E-state index in [1.54, 1.807) is 24.3 Å². The van der Waals surface area contributed by atoms with E-state index in [2.05, 4.69) is 10.6 Å². The Morgan fingerprint density at radius 2 is 1.90 bits per heavy atom. The van der Waals surface area contributed by atoms with Gasteiger partial charge in [0, 0.05) is 23.8 Å². The summed E-state index contributed by atoms with van der Waals surface area (Å²) in [5.41, 5.74) is 12.2. The van der Waals surface area contributed by atoms with Crippen LogP contribution in [0, 0.1) is 5.92 Å². The van der Waals surface area contributed by atoms with Gasteiger partial charge in [0.25, 0.3) is 0 Å². The van der Waals surface area contributed by atoms with Gasteiger partial charge in [-0.2, -0.15) is 0 Å². The highest BCUT2D eigenvalue weighted by Gasteiger charge is 2.25. The zero-order valence-corrected chi connectivity index (χ0v) is 11.3. The highest BCUT2D eigenvalue weighted by Crippen LogP contribution is 2.27. The van der Waals surface area contributed by atoms with Crippen molar-refractivity contribution in [3.8, 4) is 0 Å². The molecule has 0 aromatic heterocycles. The smallest absolute Gasteiger partial charge is 0.316 e. The van der Waals surface area contributed by atoms with Crippen molar-refractivity contribution in [2.45, 2.75) is 31.7 Å². The van der Waals surface area contributed by atoms with Crippen molar-refractivity contribution < 1.29 is 9.59 Å². The van der Waals surface area contributed by atoms with Crippen molar-refractivity contribution in [3.05, 3.63) is 24.3 Å². The third-order valence-electron chi connectivity index (χ3n) is 3.58. The van der Waals surface area contributed by atoms with Crippen LogP contribution in [0.5, 0.6) is 0 Å². The predicted molar refractivity (Wildman–Crippen MR) is 78.2 cm³/mol. The van der Waals surface area contributed by atoms with Gasteiger partial charge in [-0.3, -0.25) is 4.79 Å². The standard InChI is InChI=1S/C14H20N4O2/c15-12-6-1-3-9(12)7-13(19)17-10-4-2-5-11(8-10)18-14(16)20/h2,4-5,8-9,12H,1,3,6-7,15H2,(H,17,19)(H3,16,18,20)/t9-,12+/m0/s1. The number of nitrogens with one attached hydrogen (secondary N) is 2. The first-order valence-electron chi connectivity index (χ1n) is 6.76. The molecule has 1 aromatic carbocycles. The van der Waals surface area contributed by atoms with Crippen LogP contribution in [0.3, 0.4) is 0 Å². The second-order valence-electron chi connectivity index (χ2n) is 5.18. The van der Waals surface area contributed by atoms with Crippen LogP contribution in [0.4, 0.5) is 16.2 Å². The predicted octanol–water partition coefficient (Wildman–Crippen LogP) is 1.63. The third kappa shape index (κ3) is 3.96. The molecular weight excluding hydrogens is 256 g/mol. The third-order valence-corrected chi connectivity index (χ3v) is 3.58. The van der Waals surface area contributed by atoms with E-state index in [-0.39, 0.29) is 17.9 Å². The fraction of sp³-hybridized carbons (Fsp3) is 0.429. The van der Waals surface area contributed by atoms with Crippen molar-refractivity contribution in [2.75, 3.05) is 10.6 Å². The Morgan fingerprint density at radius 3 is 2.50 bits per heavy atom. The van der Waals surface area contributed by atoms with Gasteiger partial charge in [0.2, 0.25) is 5.91 Å². The molecule has 1 aliphatic carbocycles. The van der Waals surface area contributed by atoms with Gasteiger partial charge in [0.05, 0.1) is 0 Å². The van der Waals surface area contributed by atoms with Crippen molar-refractivity contribution in [2.24, 2.45) is 17.4 Å². The van der Waals surface area contributed by atoms with Gasteiger partial charge in [-0.25, -0.2) is 4.79 Å². The lowest BCUT2D eigenvalue weighted by Gasteiger charge is -2.15. The van der Waals surface area contributed by atoms with Crippen LogP contribution in [0.15, 0.2) is 24.3 Å². The molecule has 2 rings (SSSR count). The van der Waals surface area contributed by atoms with Gasteiger partial charge in [-0.15, -0.1) is 0 Å². The molecular formula is C14H20N4O2. The maximum Gasteiger partial charge on any atom is 0.316 e. The Labute approximate surface area is 117 Å². The zero-order valence-electron chi connectivity index (χ0n) is 11.3. The average molecular weight is 276 g/mol. The summed E-state index contributed by atoms with van der Waals surface area (Å²) in [5, 5.41) is 5.28. The van der Waals surface area contributed by atoms with E-state index < -0.39 is 6.03 Å². The molecule has 1 aliphatic rings. The number of carbonyl (C=O) groups excluding carboxylic acids is 2. The van der Waals surface area contributed by atoms with Crippen LogP contribution >= 0.6 is 0 Å². The molecule has 0 saturated heterocycles. The normalized spacial score (nSPS) is 21.4. The van der Waals surface area contributed by atoms with E-state index in [0.29, 0.717) is 17.8 Å². The van der Waals surface area contributed by atoms with E-state index in [9.17, 15) is 9.59 Å². The first kappa shape index (κ1) is 14.3. The summed E-state index contributed by atoms with van der Waals surface area (Å²) in [6.45, 7) is 0. The molecule has 0 spiro atoms. The van der Waals surface area contributed by atoms with Crippen molar-refractivity contribution in [3.63, 3.8) is 0 Å². The molecule has 0 unspecified atom stereocenters. The fourth-order valence-electron chi connectivity index (χ4n) is 2.59. The van der Waals surface area contributed by atoms with E-state index in [1.165, 1.54) is 0 Å². The monoisotopic (exact) mass is 276 g/mol. The molecule has 6 N–H and O–H groups in total. The van der Waals surface area contributed by atoms with Crippen LogP contribution in [0.25, 0.3) is 0 Å². The number of amides is 3. The molecule has 0 heterocycles. The SMILES string of the molecule is NC(=O)Nc1cccc(NC(=O)C[C@@H]2CCC[C@H]2N)c1. The Kier molecular flexibility index (Phi) is 4.57. The molecule has 0 bridgehead atoms. The highest BCUT2D eigenvalue weighted by molar-refractivity contribution is 5.93. The number of hydrogen-bond donors (Lipinski definition) is 4. The van der Waals surface area contributed by atoms with Crippen LogP contribution in [0.1, 0.15) is 25.7 Å². The molecule has 2 atom stereocenters. The largest absolute Gasteiger partial charge is 0.351 e. The maximum atomic E-state index is 12.0. The lowest BCUT2D eigenvalue weighted by atomic mass is 10.00. The summed E-state index contributed by atoms with van der Waals surface area (Å²) >= 11 is 0. The zero-order chi connectivity index (χ0) is 14.5. The molecule has 1 fully saturated rings. The van der Waals surface area contributed by atoms with E-state index in [4.69, 9.17) is 11.5 Å². The van der Waals surface area contributed by atoms with Gasteiger partial charge in [0.1, 0.15) is 0 Å². The van der Waals surface area contributed by atoms with Gasteiger partial charge in [-0.1, -0.05) is 12.5 Å². The van der Waals surface area contributed by atoms with Gasteiger partial charge in [-0.05, 0) is 37.0 Å². The molecule has 1 saturated carbocycles. The van der Waals surface area contributed by atoms with Crippen LogP contribution < -0.4 is 22.1 Å². The second kappa shape index (κ2) is 6.38. The number of anilines is 2. The quantitative estimate of drug-likeness (QED) is 0.670. The Hall–Kier alpha value is -2.08. The molecule has 3 amide bonds. The minimum absolute atomic E-state index is 0.0522. The molecule has 1 aromatic rings. The highest BCUT2D eigenvalue weighted by atomic mass is 16.2. The Balaban J connectivity index is 1.92. The molecule has 108 valence electrons. The summed E-state index contributed by atoms with van der Waals surface area (Å²) in [6.07, 6.45) is 3.54. The summed E-state index contributed by atoms with van der Waals surface area (Å²) in [5.74, 6) is 0.213. The van der Waals surface area contributed by atoms with Crippen LogP contribution in [-0.4, -0.2) is 18.0 Å². The topological polar surface area (TPSA) is 110 Å². The number of nitrogens with two attached hydrogens (primary N) is 2. The molecule has 20 heavy (non-hydrogen) atoms. The van der Waals surface area contributed by atoms with Gasteiger partial charge in [0.15, 0.2) is 0 Å². The van der Waals surface area contributed by atoms with Crippen molar-refractivity contribution in [1.29, 1.82) is 0 Å².